The maximum atomic E-state index is 10.6. The van der Waals surface area contributed by atoms with E-state index in [0.29, 0.717) is 0 Å². The molecule has 1 N–H and O–H groups in total. The summed E-state index contributed by atoms with van der Waals surface area (Å²) in [6.45, 7) is 0. The third kappa shape index (κ3) is 0.480. The molecule has 0 bridgehead atoms. The molecule has 8 heavy (non-hydrogen) atoms. The molecule has 3 nitrogen and oxygen atoms in total. The van der Waals surface area contributed by atoms with Crippen LogP contribution < -0.4 is 5.09 Å². The van der Waals surface area contributed by atoms with E-state index < -0.39 is 7.95 Å². The molecule has 1 saturated heterocycles. The minimum absolute atomic E-state index is 0.352. The van der Waals surface area contributed by atoms with Gasteiger partial charge in [-0.3, -0.25) is 0 Å². The molecule has 2 unspecified atom stereocenters. The van der Waals surface area contributed by atoms with Gasteiger partial charge in [-0.15, -0.1) is 0 Å². The van der Waals surface area contributed by atoms with Crippen LogP contribution in [-0.4, -0.2) is 16.7 Å². The summed E-state index contributed by atoms with van der Waals surface area (Å²) in [5.41, 5.74) is 0. The lowest BCUT2D eigenvalue weighted by Crippen LogP contribution is -1.97. The quantitative estimate of drug-likeness (QED) is 0.406. The van der Waals surface area contributed by atoms with E-state index >= 15 is 0 Å². The van der Waals surface area contributed by atoms with Crippen molar-refractivity contribution in [2.24, 2.45) is 4.99 Å². The zero-order valence-corrected chi connectivity index (χ0v) is 5.71. The Kier molecular flexibility index (Phi) is 0.811. The predicted octanol–water partition coefficient (Wildman–Crippen LogP) is 0.761. The largest absolute Gasteiger partial charge is 0.502 e. The molecule has 2 aliphatic heterocycles. The summed E-state index contributed by atoms with van der Waals surface area (Å²) in [7, 11) is -1.19. The minimum atomic E-state index is -1.19. The van der Waals surface area contributed by atoms with Gasteiger partial charge in [0, 0.05) is 12.0 Å². The molecule has 0 saturated carbocycles. The summed E-state index contributed by atoms with van der Waals surface area (Å²) in [4.78, 5) is 4.00. The number of rotatable bonds is 0. The third-order valence-electron chi connectivity index (χ3n) is 1.10. The maximum Gasteiger partial charge on any atom is 0.502 e. The molecule has 0 aromatic heterocycles. The summed E-state index contributed by atoms with van der Waals surface area (Å²) in [5, 5.41) is 2.78. The van der Waals surface area contributed by atoms with Crippen molar-refractivity contribution in [1.29, 1.82) is 0 Å². The molecule has 1 spiro atoms. The summed E-state index contributed by atoms with van der Waals surface area (Å²) < 4.78 is 10.3. The first-order chi connectivity index (χ1) is 3.83. The summed E-state index contributed by atoms with van der Waals surface area (Å²) in [6, 6.07) is 0. The molecule has 0 amide bonds. The second kappa shape index (κ2) is 1.32. The molecule has 2 atom stereocenters. The van der Waals surface area contributed by atoms with Gasteiger partial charge in [0.15, 0.2) is 0 Å². The van der Waals surface area contributed by atoms with Crippen molar-refractivity contribution in [2.75, 3.05) is 5.75 Å². The Balaban J connectivity index is 2.29. The molecule has 0 aromatic carbocycles. The lowest BCUT2D eigenvalue weighted by molar-refractivity contribution is 0.596. The monoisotopic (exact) mass is 147 g/mol. The van der Waals surface area contributed by atoms with E-state index in [1.807, 2.05) is 0 Å². The number of thioether (sulfide) groups is 1. The molecule has 0 aromatic rings. The Hall–Kier alpha value is 0.0800. The zero-order valence-electron chi connectivity index (χ0n) is 4.00. The molecule has 0 radical (unpaired) electrons. The predicted molar refractivity (Wildman–Crippen MR) is 34.4 cm³/mol. The van der Waals surface area contributed by atoms with Crippen LogP contribution in [0.2, 0.25) is 0 Å². The van der Waals surface area contributed by atoms with Gasteiger partial charge in [-0.2, -0.15) is 0 Å². The second-order valence-corrected chi connectivity index (χ2v) is 4.61. The van der Waals surface area contributed by atoms with E-state index in [4.69, 9.17) is 0 Å². The van der Waals surface area contributed by atoms with Crippen molar-refractivity contribution in [3.05, 3.63) is 0 Å². The molecule has 2 aliphatic rings. The maximum absolute atomic E-state index is 10.6. The van der Waals surface area contributed by atoms with Crippen LogP contribution >= 0.6 is 19.7 Å². The van der Waals surface area contributed by atoms with Crippen LogP contribution in [-0.2, 0) is 4.57 Å². The van der Waals surface area contributed by atoms with Gasteiger partial charge in [0.25, 0.3) is 0 Å². The highest BCUT2D eigenvalue weighted by molar-refractivity contribution is 8.08. The summed E-state index contributed by atoms with van der Waals surface area (Å²) >= 11 is 1.60. The third-order valence-corrected chi connectivity index (χ3v) is 4.14. The average molecular weight is 147 g/mol. The van der Waals surface area contributed by atoms with E-state index in [9.17, 15) is 4.57 Å². The molecule has 1 fully saturated rings. The van der Waals surface area contributed by atoms with Crippen molar-refractivity contribution in [3.8, 4) is 0 Å². The fraction of sp³-hybridized carbons (Fsp3) is 0.667. The standard InChI is InChI=1S/C3H4N2OPS/c6-7-3(5-7)4-1-2-8-3/h1H,2H2,(H,5,6)/q+1. The first kappa shape index (κ1) is 4.91. The first-order valence-electron chi connectivity index (χ1n) is 2.26. The van der Waals surface area contributed by atoms with Crippen molar-refractivity contribution in [3.63, 3.8) is 0 Å². The van der Waals surface area contributed by atoms with Gasteiger partial charge in [-0.1, -0.05) is 11.8 Å². The van der Waals surface area contributed by atoms with Crippen LogP contribution in [0.4, 0.5) is 0 Å². The number of aliphatic imine (C=N–C) groups is 1. The van der Waals surface area contributed by atoms with Gasteiger partial charge < -0.3 is 0 Å². The Morgan fingerprint density at radius 3 is 3.00 bits per heavy atom. The van der Waals surface area contributed by atoms with Gasteiger partial charge in [-0.05, 0) is 9.65 Å². The van der Waals surface area contributed by atoms with E-state index in [-0.39, 0.29) is 4.74 Å². The Labute approximate surface area is 51.8 Å². The van der Waals surface area contributed by atoms with Gasteiger partial charge in [0.1, 0.15) is 0 Å². The molecule has 2 heterocycles. The van der Waals surface area contributed by atoms with Crippen LogP contribution in [0.25, 0.3) is 0 Å². The SMILES string of the molecule is O=[P+]1NC12N=CCS2. The van der Waals surface area contributed by atoms with Gasteiger partial charge in [0.2, 0.25) is 0 Å². The first-order valence-corrected chi connectivity index (χ1v) is 4.51. The molecule has 2 rings (SSSR count). The number of hydrogen-bond acceptors (Lipinski definition) is 3. The fourth-order valence-electron chi connectivity index (χ4n) is 0.631. The van der Waals surface area contributed by atoms with Crippen molar-refractivity contribution >= 4 is 25.9 Å². The lowest BCUT2D eigenvalue weighted by Gasteiger charge is -1.78. The van der Waals surface area contributed by atoms with Crippen LogP contribution in [0.5, 0.6) is 0 Å². The highest BCUT2D eigenvalue weighted by Gasteiger charge is 2.73. The second-order valence-electron chi connectivity index (χ2n) is 1.64. The van der Waals surface area contributed by atoms with Crippen LogP contribution in [0, 0.1) is 0 Å². The zero-order chi connectivity index (χ0) is 5.61. The van der Waals surface area contributed by atoms with E-state index in [2.05, 4.69) is 10.1 Å². The molecular formula is C3H4N2OPS+. The average Bonchev–Trinajstić information content (AvgIpc) is 2.29. The Morgan fingerprint density at radius 1 is 2.00 bits per heavy atom. The highest BCUT2D eigenvalue weighted by Crippen LogP contribution is 2.61. The van der Waals surface area contributed by atoms with E-state index in [1.54, 1.807) is 18.0 Å². The van der Waals surface area contributed by atoms with E-state index in [0.717, 1.165) is 5.75 Å². The topological polar surface area (TPSA) is 51.4 Å². The number of nitrogens with one attached hydrogen (secondary N) is 1. The summed E-state index contributed by atoms with van der Waals surface area (Å²) in [5.74, 6) is 0.897. The van der Waals surface area contributed by atoms with Crippen LogP contribution in [0.15, 0.2) is 4.99 Å². The molecule has 5 heteroatoms. The van der Waals surface area contributed by atoms with Crippen molar-refractivity contribution in [1.82, 2.24) is 5.09 Å². The lowest BCUT2D eigenvalue weighted by atomic mass is 10.9. The normalized spacial score (nSPS) is 46.2. The Bertz CT molecular complexity index is 182. The smallest absolute Gasteiger partial charge is 0.213 e. The minimum Gasteiger partial charge on any atom is -0.213 e. The van der Waals surface area contributed by atoms with Crippen molar-refractivity contribution < 1.29 is 4.57 Å². The van der Waals surface area contributed by atoms with Crippen LogP contribution in [0.3, 0.4) is 0 Å². The highest BCUT2D eigenvalue weighted by atomic mass is 32.2. The summed E-state index contributed by atoms with van der Waals surface area (Å²) in [6.07, 6.45) is 1.80. The van der Waals surface area contributed by atoms with Gasteiger partial charge in [0.05, 0.1) is 0 Å². The fourth-order valence-corrected chi connectivity index (χ4v) is 2.94. The van der Waals surface area contributed by atoms with E-state index in [1.165, 1.54) is 0 Å². The van der Waals surface area contributed by atoms with Crippen LogP contribution in [0.1, 0.15) is 0 Å². The van der Waals surface area contributed by atoms with Crippen molar-refractivity contribution in [2.45, 2.75) is 4.74 Å². The number of nitrogens with zero attached hydrogens (tertiary/aromatic N) is 1. The Morgan fingerprint density at radius 2 is 2.75 bits per heavy atom. The van der Waals surface area contributed by atoms with Gasteiger partial charge >= 0.3 is 12.7 Å². The van der Waals surface area contributed by atoms with Gasteiger partial charge in [-0.25, -0.2) is 4.99 Å². The molecule has 42 valence electrons. The molecular weight excluding hydrogens is 143 g/mol. The molecule has 0 aliphatic carbocycles. The number of hydrogen-bond donors (Lipinski definition) is 1.